The quantitative estimate of drug-likeness (QED) is 0.714. The number of thioether (sulfide) groups is 1. The number of halogens is 1. The van der Waals surface area contributed by atoms with Gasteiger partial charge in [0.15, 0.2) is 0 Å². The lowest BCUT2D eigenvalue weighted by Gasteiger charge is -2.10. The fraction of sp³-hybridized carbons (Fsp3) is 0.222. The summed E-state index contributed by atoms with van der Waals surface area (Å²) >= 11 is 7.14. The number of nitrogens with one attached hydrogen (secondary N) is 2. The molecule has 2 rings (SSSR count). The standard InChI is InChI=1S/C18H19ClN2O4S/c1-24-14-6-4-13(5-7-14)20-17(22)10-26-11-18(23)21-15-9-12(19)3-8-16(15)25-2/h3-9H,10-11H2,1-2H3,(H,20,22)(H,21,23). The number of carbonyl (C=O) groups is 2. The first-order chi connectivity index (χ1) is 12.5. The number of rotatable bonds is 8. The SMILES string of the molecule is COc1ccc(NC(=O)CSCC(=O)Nc2cc(Cl)ccc2OC)cc1. The van der Waals surface area contributed by atoms with Gasteiger partial charge in [-0.15, -0.1) is 11.8 Å². The van der Waals surface area contributed by atoms with Gasteiger partial charge in [-0.05, 0) is 42.5 Å². The minimum atomic E-state index is -0.243. The zero-order valence-corrected chi connectivity index (χ0v) is 15.9. The van der Waals surface area contributed by atoms with E-state index < -0.39 is 0 Å². The molecule has 8 heteroatoms. The lowest BCUT2D eigenvalue weighted by molar-refractivity contribution is -0.114. The predicted molar refractivity (Wildman–Crippen MR) is 106 cm³/mol. The van der Waals surface area contributed by atoms with Crippen molar-refractivity contribution in [3.63, 3.8) is 0 Å². The third kappa shape index (κ3) is 6.16. The van der Waals surface area contributed by atoms with Gasteiger partial charge in [0.25, 0.3) is 0 Å². The monoisotopic (exact) mass is 394 g/mol. The van der Waals surface area contributed by atoms with Crippen LogP contribution >= 0.6 is 23.4 Å². The Hall–Kier alpha value is -2.38. The first-order valence-electron chi connectivity index (χ1n) is 7.67. The molecule has 0 aliphatic carbocycles. The molecule has 0 spiro atoms. The van der Waals surface area contributed by atoms with Crippen molar-refractivity contribution in [3.8, 4) is 11.5 Å². The van der Waals surface area contributed by atoms with Gasteiger partial charge in [0, 0.05) is 10.7 Å². The van der Waals surface area contributed by atoms with Gasteiger partial charge in [-0.3, -0.25) is 9.59 Å². The van der Waals surface area contributed by atoms with Crippen molar-refractivity contribution >= 4 is 46.6 Å². The van der Waals surface area contributed by atoms with Crippen molar-refractivity contribution in [1.82, 2.24) is 0 Å². The largest absolute Gasteiger partial charge is 0.497 e. The van der Waals surface area contributed by atoms with E-state index in [4.69, 9.17) is 21.1 Å². The number of ether oxygens (including phenoxy) is 2. The molecule has 0 bridgehead atoms. The van der Waals surface area contributed by atoms with Crippen LogP contribution in [0.3, 0.4) is 0 Å². The zero-order valence-electron chi connectivity index (χ0n) is 14.4. The molecule has 0 aliphatic rings. The number of methoxy groups -OCH3 is 2. The van der Waals surface area contributed by atoms with Gasteiger partial charge in [-0.2, -0.15) is 0 Å². The van der Waals surface area contributed by atoms with E-state index >= 15 is 0 Å². The Balaban J connectivity index is 1.77. The fourth-order valence-electron chi connectivity index (χ4n) is 2.07. The number of anilines is 2. The Labute approximate surface area is 161 Å². The number of benzene rings is 2. The molecule has 0 heterocycles. The van der Waals surface area contributed by atoms with E-state index in [2.05, 4.69) is 10.6 Å². The first-order valence-corrected chi connectivity index (χ1v) is 9.20. The third-order valence-electron chi connectivity index (χ3n) is 3.28. The second-order valence-electron chi connectivity index (χ2n) is 5.16. The zero-order chi connectivity index (χ0) is 18.9. The number of amides is 2. The second kappa shape index (κ2) is 9.94. The van der Waals surface area contributed by atoms with E-state index in [1.54, 1.807) is 49.6 Å². The molecule has 0 radical (unpaired) electrons. The Bertz CT molecular complexity index is 768. The summed E-state index contributed by atoms with van der Waals surface area (Å²) < 4.78 is 10.2. The third-order valence-corrected chi connectivity index (χ3v) is 4.44. The van der Waals surface area contributed by atoms with Crippen molar-refractivity contribution in [2.45, 2.75) is 0 Å². The highest BCUT2D eigenvalue weighted by Gasteiger charge is 2.10. The summed E-state index contributed by atoms with van der Waals surface area (Å²) in [6.07, 6.45) is 0. The summed E-state index contributed by atoms with van der Waals surface area (Å²) in [6.45, 7) is 0. The molecule has 2 aromatic carbocycles. The van der Waals surface area contributed by atoms with Crippen LogP contribution in [0.1, 0.15) is 0 Å². The summed E-state index contributed by atoms with van der Waals surface area (Å²) in [7, 11) is 3.09. The molecular weight excluding hydrogens is 376 g/mol. The van der Waals surface area contributed by atoms with Crippen LogP contribution in [0.5, 0.6) is 11.5 Å². The van der Waals surface area contributed by atoms with Crippen LogP contribution in [0.15, 0.2) is 42.5 Å². The van der Waals surface area contributed by atoms with Crippen LogP contribution in [0.25, 0.3) is 0 Å². The smallest absolute Gasteiger partial charge is 0.234 e. The summed E-state index contributed by atoms with van der Waals surface area (Å²) in [4.78, 5) is 23.9. The van der Waals surface area contributed by atoms with Gasteiger partial charge < -0.3 is 20.1 Å². The van der Waals surface area contributed by atoms with E-state index in [1.165, 1.54) is 18.9 Å². The lowest BCUT2D eigenvalue weighted by atomic mass is 10.3. The maximum absolute atomic E-state index is 12.0. The highest BCUT2D eigenvalue weighted by atomic mass is 35.5. The molecule has 2 N–H and O–H groups in total. The van der Waals surface area contributed by atoms with Crippen molar-refractivity contribution in [2.75, 3.05) is 36.4 Å². The normalized spacial score (nSPS) is 10.1. The second-order valence-corrected chi connectivity index (χ2v) is 6.58. The van der Waals surface area contributed by atoms with E-state index in [1.807, 2.05) is 0 Å². The Morgan fingerprint density at radius 2 is 1.62 bits per heavy atom. The first kappa shape index (κ1) is 19.9. The molecule has 2 aromatic rings. The summed E-state index contributed by atoms with van der Waals surface area (Å²) in [5.41, 5.74) is 1.16. The minimum Gasteiger partial charge on any atom is -0.497 e. The summed E-state index contributed by atoms with van der Waals surface area (Å²) in [5.74, 6) is 1.09. The van der Waals surface area contributed by atoms with Crippen molar-refractivity contribution in [1.29, 1.82) is 0 Å². The Morgan fingerprint density at radius 1 is 0.962 bits per heavy atom. The van der Waals surface area contributed by atoms with Crippen LogP contribution in [0.4, 0.5) is 11.4 Å². The summed E-state index contributed by atoms with van der Waals surface area (Å²) in [5, 5.41) is 5.97. The molecule has 26 heavy (non-hydrogen) atoms. The number of hydrogen-bond acceptors (Lipinski definition) is 5. The van der Waals surface area contributed by atoms with Crippen LogP contribution in [-0.2, 0) is 9.59 Å². The molecule has 0 saturated heterocycles. The lowest BCUT2D eigenvalue weighted by Crippen LogP contribution is -2.18. The topological polar surface area (TPSA) is 76.7 Å². The molecule has 0 unspecified atom stereocenters. The minimum absolute atomic E-state index is 0.131. The maximum atomic E-state index is 12.0. The Kier molecular flexibility index (Phi) is 7.62. The molecule has 0 saturated carbocycles. The predicted octanol–water partition coefficient (Wildman–Crippen LogP) is 3.67. The number of hydrogen-bond donors (Lipinski definition) is 2. The fourth-order valence-corrected chi connectivity index (χ4v) is 2.86. The van der Waals surface area contributed by atoms with E-state index in [0.29, 0.717) is 27.9 Å². The molecule has 0 fully saturated rings. The van der Waals surface area contributed by atoms with Gasteiger partial charge in [-0.1, -0.05) is 11.6 Å². The molecule has 0 aromatic heterocycles. The summed E-state index contributed by atoms with van der Waals surface area (Å²) in [6, 6.07) is 12.0. The van der Waals surface area contributed by atoms with E-state index in [9.17, 15) is 9.59 Å². The average molecular weight is 395 g/mol. The van der Waals surface area contributed by atoms with E-state index in [-0.39, 0.29) is 23.3 Å². The molecule has 2 amide bonds. The van der Waals surface area contributed by atoms with Crippen LogP contribution in [0.2, 0.25) is 5.02 Å². The molecule has 0 atom stereocenters. The number of carbonyl (C=O) groups excluding carboxylic acids is 2. The van der Waals surface area contributed by atoms with Gasteiger partial charge in [0.1, 0.15) is 11.5 Å². The van der Waals surface area contributed by atoms with Gasteiger partial charge in [0.2, 0.25) is 11.8 Å². The molecule has 138 valence electrons. The van der Waals surface area contributed by atoms with Gasteiger partial charge >= 0.3 is 0 Å². The van der Waals surface area contributed by atoms with Crippen molar-refractivity contribution < 1.29 is 19.1 Å². The van der Waals surface area contributed by atoms with E-state index in [0.717, 1.165) is 0 Å². The van der Waals surface area contributed by atoms with Crippen LogP contribution < -0.4 is 20.1 Å². The Morgan fingerprint density at radius 3 is 2.23 bits per heavy atom. The van der Waals surface area contributed by atoms with Gasteiger partial charge in [0.05, 0.1) is 31.4 Å². The van der Waals surface area contributed by atoms with Crippen LogP contribution in [-0.4, -0.2) is 37.5 Å². The molecule has 0 aliphatic heterocycles. The molecular formula is C18H19ClN2O4S. The van der Waals surface area contributed by atoms with Crippen molar-refractivity contribution in [3.05, 3.63) is 47.5 Å². The van der Waals surface area contributed by atoms with Crippen molar-refractivity contribution in [2.24, 2.45) is 0 Å². The maximum Gasteiger partial charge on any atom is 0.234 e. The molecule has 6 nitrogen and oxygen atoms in total. The van der Waals surface area contributed by atoms with Gasteiger partial charge in [-0.25, -0.2) is 0 Å². The highest BCUT2D eigenvalue weighted by Crippen LogP contribution is 2.27. The van der Waals surface area contributed by atoms with Crippen LogP contribution in [0, 0.1) is 0 Å². The average Bonchev–Trinajstić information content (AvgIpc) is 2.62. The highest BCUT2D eigenvalue weighted by molar-refractivity contribution is 8.00.